The zero-order chi connectivity index (χ0) is 13.7. The highest BCUT2D eigenvalue weighted by atomic mass is 79.9. The van der Waals surface area contributed by atoms with Gasteiger partial charge in [0.1, 0.15) is 5.75 Å². The fourth-order valence-corrected chi connectivity index (χ4v) is 1.97. The van der Waals surface area contributed by atoms with Gasteiger partial charge in [0.25, 0.3) is 0 Å². The van der Waals surface area contributed by atoms with Crippen LogP contribution in [0.2, 0.25) is 0 Å². The molecule has 2 nitrogen and oxygen atoms in total. The van der Waals surface area contributed by atoms with E-state index in [2.05, 4.69) is 22.0 Å². The van der Waals surface area contributed by atoms with Gasteiger partial charge in [0.2, 0.25) is 0 Å². The molecule has 0 aliphatic heterocycles. The van der Waals surface area contributed by atoms with E-state index in [0.29, 0.717) is 5.57 Å². The summed E-state index contributed by atoms with van der Waals surface area (Å²) in [6, 6.07) is 17.5. The van der Waals surface area contributed by atoms with Gasteiger partial charge in [-0.25, -0.2) is 0 Å². The van der Waals surface area contributed by atoms with E-state index in [4.69, 9.17) is 4.74 Å². The molecule has 0 aliphatic rings. The average Bonchev–Trinajstić information content (AvgIpc) is 2.46. The Kier molecular flexibility index (Phi) is 4.38. The van der Waals surface area contributed by atoms with Crippen LogP contribution in [0, 0.1) is 11.3 Å². The van der Waals surface area contributed by atoms with Crippen LogP contribution in [0.5, 0.6) is 5.75 Å². The number of hydrogen-bond donors (Lipinski definition) is 0. The largest absolute Gasteiger partial charge is 0.497 e. The summed E-state index contributed by atoms with van der Waals surface area (Å²) < 4.78 is 6.17. The van der Waals surface area contributed by atoms with Gasteiger partial charge in [-0.05, 0) is 41.5 Å². The first kappa shape index (κ1) is 13.4. The van der Waals surface area contributed by atoms with E-state index in [9.17, 15) is 5.26 Å². The van der Waals surface area contributed by atoms with Gasteiger partial charge in [-0.3, -0.25) is 0 Å². The minimum absolute atomic E-state index is 0.626. The Labute approximate surface area is 121 Å². The first-order valence-electron chi connectivity index (χ1n) is 5.75. The van der Waals surface area contributed by atoms with Crippen LogP contribution in [0.4, 0.5) is 0 Å². The number of methoxy groups -OCH3 is 1. The Morgan fingerprint density at radius 2 is 1.95 bits per heavy atom. The van der Waals surface area contributed by atoms with Crippen LogP contribution in [0.3, 0.4) is 0 Å². The standard InChI is InChI=1S/C16H12BrNO/c1-19-16-4-2-3-12(10-16)9-14(11-18)13-5-7-15(17)8-6-13/h2-10H,1H3/b14-9-. The van der Waals surface area contributed by atoms with Gasteiger partial charge >= 0.3 is 0 Å². The summed E-state index contributed by atoms with van der Waals surface area (Å²) in [6.07, 6.45) is 1.85. The second-order valence-corrected chi connectivity index (χ2v) is 4.87. The van der Waals surface area contributed by atoms with Crippen molar-refractivity contribution in [2.24, 2.45) is 0 Å². The molecule has 0 fully saturated rings. The number of hydrogen-bond acceptors (Lipinski definition) is 2. The van der Waals surface area contributed by atoms with Crippen LogP contribution < -0.4 is 4.74 Å². The van der Waals surface area contributed by atoms with Crippen molar-refractivity contribution in [1.29, 1.82) is 5.26 Å². The van der Waals surface area contributed by atoms with E-state index in [-0.39, 0.29) is 0 Å². The maximum Gasteiger partial charge on any atom is 0.119 e. The van der Waals surface area contributed by atoms with E-state index < -0.39 is 0 Å². The molecule has 0 aromatic heterocycles. The van der Waals surface area contributed by atoms with Gasteiger partial charge in [-0.1, -0.05) is 40.2 Å². The summed E-state index contributed by atoms with van der Waals surface area (Å²) in [4.78, 5) is 0. The number of rotatable bonds is 3. The minimum atomic E-state index is 0.626. The molecular formula is C16H12BrNO. The van der Waals surface area contributed by atoms with Crippen molar-refractivity contribution in [1.82, 2.24) is 0 Å². The molecule has 0 spiro atoms. The van der Waals surface area contributed by atoms with Gasteiger partial charge in [0.15, 0.2) is 0 Å². The third kappa shape index (κ3) is 3.46. The highest BCUT2D eigenvalue weighted by Gasteiger charge is 2.01. The maximum atomic E-state index is 9.28. The minimum Gasteiger partial charge on any atom is -0.497 e. The number of ether oxygens (including phenoxy) is 1. The zero-order valence-electron chi connectivity index (χ0n) is 10.4. The fraction of sp³-hybridized carbons (Fsp3) is 0.0625. The smallest absolute Gasteiger partial charge is 0.119 e. The lowest BCUT2D eigenvalue weighted by molar-refractivity contribution is 0.414. The van der Waals surface area contributed by atoms with Crippen molar-refractivity contribution in [2.75, 3.05) is 7.11 Å². The van der Waals surface area contributed by atoms with E-state index in [1.54, 1.807) is 7.11 Å². The van der Waals surface area contributed by atoms with Crippen molar-refractivity contribution in [2.45, 2.75) is 0 Å². The zero-order valence-corrected chi connectivity index (χ0v) is 12.0. The highest BCUT2D eigenvalue weighted by Crippen LogP contribution is 2.21. The molecule has 0 heterocycles. The lowest BCUT2D eigenvalue weighted by atomic mass is 10.0. The number of allylic oxidation sites excluding steroid dienone is 1. The molecule has 0 saturated heterocycles. The fourth-order valence-electron chi connectivity index (χ4n) is 1.71. The van der Waals surface area contributed by atoms with Gasteiger partial charge in [-0.2, -0.15) is 5.26 Å². The summed E-state index contributed by atoms with van der Waals surface area (Å²) in [7, 11) is 1.63. The second-order valence-electron chi connectivity index (χ2n) is 3.95. The summed E-state index contributed by atoms with van der Waals surface area (Å²) in [5.41, 5.74) is 2.47. The Morgan fingerprint density at radius 3 is 2.58 bits per heavy atom. The van der Waals surface area contributed by atoms with Crippen LogP contribution in [-0.2, 0) is 0 Å². The van der Waals surface area contributed by atoms with Crippen LogP contribution in [0.15, 0.2) is 53.0 Å². The molecule has 0 atom stereocenters. The summed E-state index contributed by atoms with van der Waals surface area (Å²) in [5, 5.41) is 9.28. The SMILES string of the molecule is COc1cccc(/C=C(/C#N)c2ccc(Br)cc2)c1. The molecule has 0 radical (unpaired) electrons. The van der Waals surface area contributed by atoms with Gasteiger partial charge < -0.3 is 4.74 Å². The van der Waals surface area contributed by atoms with Crippen LogP contribution >= 0.6 is 15.9 Å². The molecular weight excluding hydrogens is 302 g/mol. The molecule has 0 bridgehead atoms. The van der Waals surface area contributed by atoms with E-state index in [1.165, 1.54) is 0 Å². The van der Waals surface area contributed by atoms with Crippen molar-refractivity contribution < 1.29 is 4.74 Å². The summed E-state index contributed by atoms with van der Waals surface area (Å²) in [6.45, 7) is 0. The third-order valence-electron chi connectivity index (χ3n) is 2.68. The first-order valence-corrected chi connectivity index (χ1v) is 6.54. The number of benzene rings is 2. The molecule has 19 heavy (non-hydrogen) atoms. The van der Waals surface area contributed by atoms with Crippen molar-refractivity contribution >= 4 is 27.6 Å². The molecule has 2 aromatic rings. The molecule has 0 aliphatic carbocycles. The van der Waals surface area contributed by atoms with E-state index in [1.807, 2.05) is 54.6 Å². The Hall–Kier alpha value is -2.05. The van der Waals surface area contributed by atoms with Crippen LogP contribution in [-0.4, -0.2) is 7.11 Å². The molecule has 0 unspecified atom stereocenters. The van der Waals surface area contributed by atoms with E-state index in [0.717, 1.165) is 21.3 Å². The Morgan fingerprint density at radius 1 is 1.21 bits per heavy atom. The number of nitriles is 1. The normalized spacial score (nSPS) is 10.9. The number of halogens is 1. The average molecular weight is 314 g/mol. The number of nitrogens with zero attached hydrogens (tertiary/aromatic N) is 1. The van der Waals surface area contributed by atoms with Gasteiger partial charge in [0, 0.05) is 4.47 Å². The van der Waals surface area contributed by atoms with Crippen molar-refractivity contribution in [3.63, 3.8) is 0 Å². The second kappa shape index (κ2) is 6.21. The molecule has 2 aromatic carbocycles. The monoisotopic (exact) mass is 313 g/mol. The van der Waals surface area contributed by atoms with Crippen LogP contribution in [0.25, 0.3) is 11.6 Å². The Balaban J connectivity index is 2.38. The van der Waals surface area contributed by atoms with Crippen molar-refractivity contribution in [3.05, 3.63) is 64.1 Å². The molecule has 0 N–H and O–H groups in total. The lowest BCUT2D eigenvalue weighted by Crippen LogP contribution is -1.84. The summed E-state index contributed by atoms with van der Waals surface area (Å²) in [5.74, 6) is 0.779. The maximum absolute atomic E-state index is 9.28. The topological polar surface area (TPSA) is 33.0 Å². The molecule has 94 valence electrons. The van der Waals surface area contributed by atoms with E-state index >= 15 is 0 Å². The molecule has 3 heteroatoms. The predicted octanol–water partition coefficient (Wildman–Crippen LogP) is 4.52. The summed E-state index contributed by atoms with van der Waals surface area (Å²) >= 11 is 3.38. The van der Waals surface area contributed by atoms with Crippen molar-refractivity contribution in [3.8, 4) is 11.8 Å². The lowest BCUT2D eigenvalue weighted by Gasteiger charge is -2.02. The molecule has 0 saturated carbocycles. The third-order valence-corrected chi connectivity index (χ3v) is 3.21. The van der Waals surface area contributed by atoms with Crippen LogP contribution in [0.1, 0.15) is 11.1 Å². The highest BCUT2D eigenvalue weighted by molar-refractivity contribution is 9.10. The quantitative estimate of drug-likeness (QED) is 0.616. The molecule has 0 amide bonds. The van der Waals surface area contributed by atoms with Gasteiger partial charge in [0.05, 0.1) is 18.8 Å². The molecule has 2 rings (SSSR count). The first-order chi connectivity index (χ1) is 9.22. The predicted molar refractivity (Wildman–Crippen MR) is 80.6 cm³/mol. The van der Waals surface area contributed by atoms with Gasteiger partial charge in [-0.15, -0.1) is 0 Å². The Bertz CT molecular complexity index is 639.